The van der Waals surface area contributed by atoms with E-state index in [9.17, 15) is 9.90 Å². The Kier molecular flexibility index (Phi) is 6.21. The first-order valence-electron chi connectivity index (χ1n) is 7.94. The summed E-state index contributed by atoms with van der Waals surface area (Å²) in [6.45, 7) is 1.74. The number of rotatable bonds is 6. The van der Waals surface area contributed by atoms with Crippen LogP contribution in [0.25, 0.3) is 0 Å². The fraction of sp³-hybridized carbons (Fsp3) is 0.316. The Balaban J connectivity index is 1.85. The molecule has 2 amide bonds. The van der Waals surface area contributed by atoms with Crippen molar-refractivity contribution in [1.82, 2.24) is 15.1 Å². The summed E-state index contributed by atoms with van der Waals surface area (Å²) in [6.07, 6.45) is 0. The van der Waals surface area contributed by atoms with E-state index in [-0.39, 0.29) is 11.8 Å². The van der Waals surface area contributed by atoms with Crippen LogP contribution < -0.4 is 5.32 Å². The van der Waals surface area contributed by atoms with Gasteiger partial charge in [0.1, 0.15) is 5.75 Å². The number of phenols is 1. The molecule has 24 heavy (non-hydrogen) atoms. The number of hydrogen-bond donors (Lipinski definition) is 2. The predicted octanol–water partition coefficient (Wildman–Crippen LogP) is 2.80. The highest BCUT2D eigenvalue weighted by atomic mass is 16.3. The van der Waals surface area contributed by atoms with Crippen molar-refractivity contribution in [2.75, 3.05) is 21.1 Å². The number of hydrogen-bond acceptors (Lipinski definition) is 3. The van der Waals surface area contributed by atoms with Crippen LogP contribution in [0.3, 0.4) is 0 Å². The summed E-state index contributed by atoms with van der Waals surface area (Å²) in [6, 6.07) is 15.1. The van der Waals surface area contributed by atoms with Crippen molar-refractivity contribution >= 4 is 6.03 Å². The van der Waals surface area contributed by atoms with E-state index in [0.29, 0.717) is 13.1 Å². The van der Waals surface area contributed by atoms with E-state index < -0.39 is 0 Å². The number of aromatic hydroxyl groups is 1. The van der Waals surface area contributed by atoms with Crippen LogP contribution in [0, 0.1) is 0 Å². The zero-order valence-electron chi connectivity index (χ0n) is 14.5. The molecule has 0 saturated heterocycles. The fourth-order valence-corrected chi connectivity index (χ4v) is 2.41. The first kappa shape index (κ1) is 17.8. The van der Waals surface area contributed by atoms with Crippen molar-refractivity contribution in [3.8, 4) is 5.75 Å². The predicted molar refractivity (Wildman–Crippen MR) is 95.6 cm³/mol. The van der Waals surface area contributed by atoms with E-state index in [4.69, 9.17) is 0 Å². The van der Waals surface area contributed by atoms with Gasteiger partial charge in [0.15, 0.2) is 0 Å². The monoisotopic (exact) mass is 327 g/mol. The van der Waals surface area contributed by atoms with Gasteiger partial charge in [0.25, 0.3) is 0 Å². The molecule has 0 aliphatic heterocycles. The van der Waals surface area contributed by atoms with E-state index in [1.54, 1.807) is 24.1 Å². The fourth-order valence-electron chi connectivity index (χ4n) is 2.41. The molecule has 2 rings (SSSR count). The number of phenolic OH excluding ortho intramolecular Hbond substituents is 1. The van der Waals surface area contributed by atoms with Crippen LogP contribution in [0.15, 0.2) is 48.5 Å². The Morgan fingerprint density at radius 2 is 1.58 bits per heavy atom. The topological polar surface area (TPSA) is 55.8 Å². The molecule has 0 fully saturated rings. The summed E-state index contributed by atoms with van der Waals surface area (Å²) in [5.41, 5.74) is 3.02. The second-order valence-corrected chi connectivity index (χ2v) is 6.20. The molecule has 128 valence electrons. The quantitative estimate of drug-likeness (QED) is 0.858. The molecular formula is C19H25N3O2. The van der Waals surface area contributed by atoms with Crippen molar-refractivity contribution in [3.63, 3.8) is 0 Å². The summed E-state index contributed by atoms with van der Waals surface area (Å²) < 4.78 is 0. The van der Waals surface area contributed by atoms with Gasteiger partial charge in [0.05, 0.1) is 6.54 Å². The van der Waals surface area contributed by atoms with E-state index >= 15 is 0 Å². The van der Waals surface area contributed by atoms with Gasteiger partial charge in [0.2, 0.25) is 0 Å². The maximum Gasteiger partial charge on any atom is 0.317 e. The van der Waals surface area contributed by atoms with E-state index in [0.717, 1.165) is 17.7 Å². The van der Waals surface area contributed by atoms with E-state index in [1.807, 2.05) is 38.4 Å². The van der Waals surface area contributed by atoms with Crippen LogP contribution in [0.5, 0.6) is 5.75 Å². The van der Waals surface area contributed by atoms with Crippen LogP contribution >= 0.6 is 0 Å². The number of nitrogens with zero attached hydrogens (tertiary/aromatic N) is 2. The Morgan fingerprint density at radius 1 is 0.958 bits per heavy atom. The first-order chi connectivity index (χ1) is 11.5. The van der Waals surface area contributed by atoms with Gasteiger partial charge in [-0.15, -0.1) is 0 Å². The normalized spacial score (nSPS) is 10.7. The lowest BCUT2D eigenvalue weighted by Crippen LogP contribution is -2.36. The van der Waals surface area contributed by atoms with Crippen LogP contribution in [0.4, 0.5) is 4.79 Å². The van der Waals surface area contributed by atoms with Gasteiger partial charge in [-0.05, 0) is 31.3 Å². The molecule has 0 bridgehead atoms. The third-order valence-electron chi connectivity index (χ3n) is 3.71. The zero-order chi connectivity index (χ0) is 17.5. The molecule has 0 heterocycles. The molecule has 0 spiro atoms. The summed E-state index contributed by atoms with van der Waals surface area (Å²) in [5.74, 6) is 0.202. The maximum absolute atomic E-state index is 12.2. The molecule has 5 nitrogen and oxygen atoms in total. The van der Waals surface area contributed by atoms with Crippen LogP contribution in [0.2, 0.25) is 0 Å². The summed E-state index contributed by atoms with van der Waals surface area (Å²) >= 11 is 0. The van der Waals surface area contributed by atoms with Gasteiger partial charge in [-0.3, -0.25) is 0 Å². The van der Waals surface area contributed by atoms with Gasteiger partial charge < -0.3 is 20.2 Å². The van der Waals surface area contributed by atoms with E-state index in [1.165, 1.54) is 5.56 Å². The van der Waals surface area contributed by atoms with Crippen LogP contribution in [0.1, 0.15) is 16.7 Å². The minimum Gasteiger partial charge on any atom is -0.508 e. The average Bonchev–Trinajstić information content (AvgIpc) is 2.55. The molecule has 5 heteroatoms. The summed E-state index contributed by atoms with van der Waals surface area (Å²) in [7, 11) is 5.78. The number of benzene rings is 2. The van der Waals surface area contributed by atoms with Gasteiger partial charge >= 0.3 is 6.03 Å². The lowest BCUT2D eigenvalue weighted by Gasteiger charge is -2.18. The molecule has 0 aliphatic rings. The maximum atomic E-state index is 12.2. The highest BCUT2D eigenvalue weighted by Gasteiger charge is 2.10. The van der Waals surface area contributed by atoms with Gasteiger partial charge in [-0.25, -0.2) is 4.79 Å². The number of carbonyl (C=O) groups is 1. The average molecular weight is 327 g/mol. The smallest absolute Gasteiger partial charge is 0.317 e. The molecule has 2 aromatic rings. The summed E-state index contributed by atoms with van der Waals surface area (Å²) in [4.78, 5) is 15.8. The van der Waals surface area contributed by atoms with Gasteiger partial charge in [-0.1, -0.05) is 42.5 Å². The number of para-hydroxylation sites is 1. The largest absolute Gasteiger partial charge is 0.508 e. The van der Waals surface area contributed by atoms with Gasteiger partial charge in [-0.2, -0.15) is 0 Å². The third-order valence-corrected chi connectivity index (χ3v) is 3.71. The molecule has 0 unspecified atom stereocenters. The van der Waals surface area contributed by atoms with Crippen LogP contribution in [-0.4, -0.2) is 42.1 Å². The SMILES string of the molecule is CN(C)Cc1ccc(CNC(=O)N(C)Cc2ccccc2O)cc1. The third kappa shape index (κ3) is 5.28. The minimum atomic E-state index is -0.171. The van der Waals surface area contributed by atoms with Crippen molar-refractivity contribution in [3.05, 3.63) is 65.2 Å². The first-order valence-corrected chi connectivity index (χ1v) is 7.94. The molecule has 0 radical (unpaired) electrons. The van der Waals surface area contributed by atoms with E-state index in [2.05, 4.69) is 22.3 Å². The van der Waals surface area contributed by atoms with Crippen molar-refractivity contribution in [1.29, 1.82) is 0 Å². The number of amides is 2. The number of nitrogens with one attached hydrogen (secondary N) is 1. The van der Waals surface area contributed by atoms with Crippen LogP contribution in [-0.2, 0) is 19.6 Å². The Morgan fingerprint density at radius 3 is 2.21 bits per heavy atom. The molecular weight excluding hydrogens is 302 g/mol. The number of urea groups is 1. The molecule has 2 aromatic carbocycles. The molecule has 0 atom stereocenters. The van der Waals surface area contributed by atoms with Crippen molar-refractivity contribution < 1.29 is 9.90 Å². The van der Waals surface area contributed by atoms with Crippen molar-refractivity contribution in [2.24, 2.45) is 0 Å². The molecule has 2 N–H and O–H groups in total. The number of carbonyl (C=O) groups excluding carboxylic acids is 1. The highest BCUT2D eigenvalue weighted by Crippen LogP contribution is 2.17. The lowest BCUT2D eigenvalue weighted by atomic mass is 10.1. The second kappa shape index (κ2) is 8.36. The molecule has 0 saturated carbocycles. The Hall–Kier alpha value is -2.53. The Labute approximate surface area is 143 Å². The second-order valence-electron chi connectivity index (χ2n) is 6.20. The highest BCUT2D eigenvalue weighted by molar-refractivity contribution is 5.73. The zero-order valence-corrected chi connectivity index (χ0v) is 14.5. The van der Waals surface area contributed by atoms with Crippen molar-refractivity contribution in [2.45, 2.75) is 19.6 Å². The standard InChI is InChI=1S/C19H25N3O2/c1-21(2)13-16-10-8-15(9-11-16)12-20-19(24)22(3)14-17-6-4-5-7-18(17)23/h4-11,23H,12-14H2,1-3H3,(H,20,24). The minimum absolute atomic E-state index is 0.171. The molecule has 0 aliphatic carbocycles. The van der Waals surface area contributed by atoms with Gasteiger partial charge in [0, 0.05) is 25.7 Å². The summed E-state index contributed by atoms with van der Waals surface area (Å²) in [5, 5.41) is 12.7. The Bertz CT molecular complexity index is 669. The lowest BCUT2D eigenvalue weighted by molar-refractivity contribution is 0.206. The molecule has 0 aromatic heterocycles.